The zero-order valence-corrected chi connectivity index (χ0v) is 21.4. The number of aliphatic hydroxyl groups is 1. The molecule has 2 aromatic carbocycles. The van der Waals surface area contributed by atoms with Crippen molar-refractivity contribution in [1.82, 2.24) is 25.0 Å². The van der Waals surface area contributed by atoms with E-state index in [0.29, 0.717) is 33.9 Å². The van der Waals surface area contributed by atoms with Crippen molar-refractivity contribution in [2.24, 2.45) is 5.73 Å². The monoisotopic (exact) mass is 564 g/mol. The van der Waals surface area contributed by atoms with E-state index in [0.717, 1.165) is 12.8 Å². The maximum Gasteiger partial charge on any atom is 0.436 e. The number of nitrogens with zero attached hydrogens (tertiary/aromatic N) is 5. The van der Waals surface area contributed by atoms with Crippen LogP contribution >= 0.6 is 11.6 Å². The molecular weight excluding hydrogens is 539 g/mol. The van der Waals surface area contributed by atoms with Crippen molar-refractivity contribution in [1.29, 1.82) is 0 Å². The molecule has 1 saturated heterocycles. The third-order valence-corrected chi connectivity index (χ3v) is 6.37. The summed E-state index contributed by atoms with van der Waals surface area (Å²) in [5, 5.41) is 16.7. The third-order valence-electron chi connectivity index (χ3n) is 6.12. The van der Waals surface area contributed by atoms with E-state index in [1.54, 1.807) is 29.2 Å². The van der Waals surface area contributed by atoms with Crippen LogP contribution in [0, 0.1) is 0 Å². The predicted molar refractivity (Wildman–Crippen MR) is 136 cm³/mol. The van der Waals surface area contributed by atoms with Gasteiger partial charge in [-0.2, -0.15) is 17.7 Å². The number of nitrogens with two attached hydrogens (primary N) is 1. The van der Waals surface area contributed by atoms with E-state index < -0.39 is 24.9 Å². The molecule has 0 bridgehead atoms. The van der Waals surface area contributed by atoms with Gasteiger partial charge in [-0.05, 0) is 49.2 Å². The van der Waals surface area contributed by atoms with Crippen molar-refractivity contribution in [3.8, 4) is 5.69 Å². The molecule has 0 saturated carbocycles. The first kappa shape index (κ1) is 28.0. The van der Waals surface area contributed by atoms with Gasteiger partial charge < -0.3 is 15.7 Å². The molecule has 0 aliphatic carbocycles. The summed E-state index contributed by atoms with van der Waals surface area (Å²) in [4.78, 5) is 31.8. The number of amides is 3. The lowest BCUT2D eigenvalue weighted by molar-refractivity contribution is -0.455. The summed E-state index contributed by atoms with van der Waals surface area (Å²) < 4.78 is 41.2. The molecule has 4 N–H and O–H groups in total. The Morgan fingerprint density at radius 1 is 1.13 bits per heavy atom. The number of hydrogen-bond donors (Lipinski definition) is 3. The fraction of sp³-hybridized carbons (Fsp3) is 0.320. The van der Waals surface area contributed by atoms with Crippen molar-refractivity contribution in [3.05, 3.63) is 76.8 Å². The SMILES string of the molecule is N/C(c1ccc(Cl)cc1)=[N+](/C[C@H](O)C(F)(F)F)C(=O)NCc1ncn(-c2ccccc2C(=O)N2CCCC2)n1. The molecule has 39 heavy (non-hydrogen) atoms. The Kier molecular flexibility index (Phi) is 8.51. The quantitative estimate of drug-likeness (QED) is 0.230. The van der Waals surface area contributed by atoms with Gasteiger partial charge in [-0.25, -0.2) is 14.5 Å². The van der Waals surface area contributed by atoms with E-state index in [1.165, 1.54) is 35.3 Å². The minimum Gasteiger partial charge on any atom is -0.381 e. The van der Waals surface area contributed by atoms with Crippen LogP contribution in [0.5, 0.6) is 0 Å². The number of urea groups is 1. The number of aromatic nitrogens is 3. The van der Waals surface area contributed by atoms with Crippen LogP contribution in [0.3, 0.4) is 0 Å². The summed E-state index contributed by atoms with van der Waals surface area (Å²) in [6, 6.07) is 11.7. The molecule has 2 heterocycles. The lowest BCUT2D eigenvalue weighted by Crippen LogP contribution is -2.47. The zero-order chi connectivity index (χ0) is 28.2. The number of benzene rings is 2. The number of likely N-dealkylation sites (tertiary alicyclic amines) is 1. The van der Waals surface area contributed by atoms with Crippen LogP contribution in [0.15, 0.2) is 54.9 Å². The number of carbonyl (C=O) groups is 2. The lowest BCUT2D eigenvalue weighted by Gasteiger charge is -2.17. The van der Waals surface area contributed by atoms with Crippen molar-refractivity contribution >= 4 is 29.4 Å². The van der Waals surface area contributed by atoms with Crippen LogP contribution in [0.2, 0.25) is 5.02 Å². The average molecular weight is 565 g/mol. The van der Waals surface area contributed by atoms with Crippen LogP contribution in [0.4, 0.5) is 18.0 Å². The third kappa shape index (κ3) is 6.73. The van der Waals surface area contributed by atoms with Gasteiger partial charge in [0.1, 0.15) is 19.4 Å². The van der Waals surface area contributed by atoms with Crippen LogP contribution in [-0.2, 0) is 6.54 Å². The second-order valence-electron chi connectivity index (χ2n) is 8.84. The Morgan fingerprint density at radius 3 is 2.46 bits per heavy atom. The van der Waals surface area contributed by atoms with Gasteiger partial charge in [0.05, 0.1) is 11.3 Å². The second-order valence-corrected chi connectivity index (χ2v) is 9.28. The van der Waals surface area contributed by atoms with E-state index in [4.69, 9.17) is 17.3 Å². The van der Waals surface area contributed by atoms with Gasteiger partial charge in [-0.3, -0.25) is 10.1 Å². The highest BCUT2D eigenvalue weighted by Gasteiger charge is 2.41. The van der Waals surface area contributed by atoms with Gasteiger partial charge in [0, 0.05) is 23.7 Å². The molecule has 1 atom stereocenters. The Balaban J connectivity index is 1.53. The molecule has 0 radical (unpaired) electrons. The fourth-order valence-corrected chi connectivity index (χ4v) is 4.16. The molecule has 1 aromatic heterocycles. The molecule has 0 spiro atoms. The van der Waals surface area contributed by atoms with Crippen LogP contribution < -0.4 is 11.1 Å². The number of carbonyl (C=O) groups excluding carboxylic acids is 2. The number of halogens is 4. The Bertz CT molecular complexity index is 1370. The first-order chi connectivity index (χ1) is 18.5. The van der Waals surface area contributed by atoms with Crippen LogP contribution in [0.1, 0.15) is 34.6 Å². The molecule has 10 nitrogen and oxygen atoms in total. The zero-order valence-electron chi connectivity index (χ0n) is 20.6. The topological polar surface area (TPSA) is 129 Å². The number of para-hydroxylation sites is 1. The average Bonchev–Trinajstić information content (AvgIpc) is 3.62. The van der Waals surface area contributed by atoms with Crippen molar-refractivity contribution in [2.45, 2.75) is 31.7 Å². The standard InChI is InChI=1S/C25H25ClF3N7O3/c26-17-9-7-16(8-10-17)22(30)35(14-20(37)25(27,28)29)24(39)31-13-21-32-15-36(33-21)19-6-2-1-5-18(19)23(38)34-11-3-4-12-34/h1-2,5-10,15,20,30,37H,3-4,11-14H2,(H,31,39)/p+1/t20-/m0/s1. The highest BCUT2D eigenvalue weighted by molar-refractivity contribution is 6.30. The maximum atomic E-state index is 13.1. The number of amidine groups is 1. The van der Waals surface area contributed by atoms with Crippen molar-refractivity contribution in [2.75, 3.05) is 19.6 Å². The molecule has 3 aromatic rings. The normalized spacial score (nSPS) is 15.2. The number of aliphatic hydroxyl groups excluding tert-OH is 1. The Hall–Kier alpha value is -3.97. The summed E-state index contributed by atoms with van der Waals surface area (Å²) >= 11 is 5.86. The van der Waals surface area contributed by atoms with E-state index in [-0.39, 0.29) is 29.7 Å². The molecule has 4 rings (SSSR count). The van der Waals surface area contributed by atoms with Gasteiger partial charge >= 0.3 is 12.2 Å². The summed E-state index contributed by atoms with van der Waals surface area (Å²) in [6.45, 7) is -0.0484. The predicted octanol–water partition coefficient (Wildman–Crippen LogP) is 2.71. The van der Waals surface area contributed by atoms with E-state index in [2.05, 4.69) is 15.4 Å². The molecule has 0 unspecified atom stereocenters. The molecular formula is C25H26ClF3N7O3+. The highest BCUT2D eigenvalue weighted by atomic mass is 35.5. The van der Waals surface area contributed by atoms with E-state index >= 15 is 0 Å². The van der Waals surface area contributed by atoms with Crippen molar-refractivity contribution < 1.29 is 32.4 Å². The first-order valence-electron chi connectivity index (χ1n) is 12.0. The molecule has 1 aliphatic rings. The van der Waals surface area contributed by atoms with Crippen LogP contribution in [0.25, 0.3) is 5.69 Å². The highest BCUT2D eigenvalue weighted by Crippen LogP contribution is 2.21. The number of alkyl halides is 3. The van der Waals surface area contributed by atoms with Crippen molar-refractivity contribution in [3.63, 3.8) is 0 Å². The van der Waals surface area contributed by atoms with Gasteiger partial charge in [-0.1, -0.05) is 23.7 Å². The molecule has 3 amide bonds. The second kappa shape index (κ2) is 11.8. The summed E-state index contributed by atoms with van der Waals surface area (Å²) in [6.07, 6.45) is -4.55. The van der Waals surface area contributed by atoms with E-state index in [1.807, 2.05) is 0 Å². The number of hydrogen-bond acceptors (Lipinski definition) is 5. The van der Waals surface area contributed by atoms with E-state index in [9.17, 15) is 27.9 Å². The van der Waals surface area contributed by atoms with Gasteiger partial charge in [0.2, 0.25) is 5.84 Å². The van der Waals surface area contributed by atoms with Gasteiger partial charge in [-0.15, -0.1) is 5.10 Å². The summed E-state index contributed by atoms with van der Waals surface area (Å²) in [5.74, 6) is -0.311. The van der Waals surface area contributed by atoms with Crippen LogP contribution in [-0.4, -0.2) is 79.0 Å². The van der Waals surface area contributed by atoms with Gasteiger partial charge in [0.15, 0.2) is 11.9 Å². The first-order valence-corrected chi connectivity index (χ1v) is 12.4. The Labute approximate surface area is 226 Å². The largest absolute Gasteiger partial charge is 0.436 e. The summed E-state index contributed by atoms with van der Waals surface area (Å²) in [5.41, 5.74) is 7.18. The maximum absolute atomic E-state index is 13.1. The minimum atomic E-state index is -4.97. The van der Waals surface area contributed by atoms with Gasteiger partial charge in [0.25, 0.3) is 5.91 Å². The Morgan fingerprint density at radius 2 is 1.79 bits per heavy atom. The number of nitrogens with one attached hydrogen (secondary N) is 1. The summed E-state index contributed by atoms with van der Waals surface area (Å²) in [7, 11) is 0. The lowest BCUT2D eigenvalue weighted by atomic mass is 10.1. The number of rotatable bonds is 7. The molecule has 206 valence electrons. The molecule has 14 heteroatoms. The minimum absolute atomic E-state index is 0.125. The molecule has 1 aliphatic heterocycles. The molecule has 1 fully saturated rings. The fourth-order valence-electron chi connectivity index (χ4n) is 4.03. The smallest absolute Gasteiger partial charge is 0.381 e.